The van der Waals surface area contributed by atoms with Crippen LogP contribution in [-0.2, 0) is 28.5 Å². The van der Waals surface area contributed by atoms with Gasteiger partial charge in [-0.3, -0.25) is 4.79 Å². The highest BCUT2D eigenvalue weighted by Gasteiger charge is 2.69. The minimum atomic E-state index is -2.24. The first kappa shape index (κ1) is 21.8. The van der Waals surface area contributed by atoms with Crippen molar-refractivity contribution in [1.82, 2.24) is 5.32 Å². The number of nitrogens with one attached hydrogen (secondary N) is 1. The number of ether oxygens (including phenoxy) is 5. The molecule has 0 spiro atoms. The quantitative estimate of drug-likeness (QED) is 0.633. The third-order valence-electron chi connectivity index (χ3n) is 4.93. The lowest BCUT2D eigenvalue weighted by Gasteiger charge is -2.43. The Bertz CT molecular complexity index is 609. The van der Waals surface area contributed by atoms with E-state index in [2.05, 4.69) is 5.32 Å². The predicted octanol–water partition coefficient (Wildman–Crippen LogP) is 1.62. The van der Waals surface area contributed by atoms with Gasteiger partial charge < -0.3 is 34.1 Å². The second-order valence-corrected chi connectivity index (χ2v) is 10.2. The van der Waals surface area contributed by atoms with Crippen molar-refractivity contribution in [3.8, 4) is 0 Å². The van der Waals surface area contributed by atoms with Crippen LogP contribution in [0.2, 0.25) is 0 Å². The van der Waals surface area contributed by atoms with Crippen LogP contribution >= 0.6 is 34.8 Å². The van der Waals surface area contributed by atoms with Crippen molar-refractivity contribution in [2.75, 3.05) is 6.61 Å². The lowest BCUT2D eigenvalue weighted by atomic mass is 9.80. The average Bonchev–Trinajstić information content (AvgIpc) is 3.07. The molecule has 0 aromatic rings. The lowest BCUT2D eigenvalue weighted by molar-refractivity contribution is -0.236. The van der Waals surface area contributed by atoms with Crippen LogP contribution in [0.1, 0.15) is 34.6 Å². The monoisotopic (exact) mass is 447 g/mol. The smallest absolute Gasteiger partial charge is 0.272 e. The zero-order valence-corrected chi connectivity index (χ0v) is 17.9. The van der Waals surface area contributed by atoms with Crippen LogP contribution < -0.4 is 5.32 Å². The van der Waals surface area contributed by atoms with Crippen molar-refractivity contribution < 1.29 is 33.6 Å². The van der Waals surface area contributed by atoms with Gasteiger partial charge in [-0.25, -0.2) is 0 Å². The molecule has 8 nitrogen and oxygen atoms in total. The van der Waals surface area contributed by atoms with E-state index in [1.54, 1.807) is 27.7 Å². The molecule has 0 aliphatic carbocycles. The number of aliphatic hydroxyl groups is 1. The van der Waals surface area contributed by atoms with E-state index in [0.717, 1.165) is 0 Å². The molecule has 3 fully saturated rings. The van der Waals surface area contributed by atoms with Crippen LogP contribution in [0, 0.1) is 0 Å². The highest BCUT2D eigenvalue weighted by Crippen LogP contribution is 2.48. The molecule has 0 bridgehead atoms. The molecule has 2 N–H and O–H groups in total. The van der Waals surface area contributed by atoms with Crippen LogP contribution in [0.4, 0.5) is 0 Å². The molecule has 3 saturated heterocycles. The average molecular weight is 449 g/mol. The van der Waals surface area contributed by atoms with Gasteiger partial charge in [-0.2, -0.15) is 0 Å². The van der Waals surface area contributed by atoms with Gasteiger partial charge in [0.1, 0.15) is 23.9 Å². The summed E-state index contributed by atoms with van der Waals surface area (Å²) in [7, 11) is 0. The van der Waals surface area contributed by atoms with Crippen molar-refractivity contribution in [2.24, 2.45) is 0 Å². The molecule has 0 aromatic carbocycles. The van der Waals surface area contributed by atoms with E-state index < -0.39 is 57.5 Å². The van der Waals surface area contributed by atoms with Crippen LogP contribution in [-0.4, -0.2) is 69.2 Å². The molecular weight excluding hydrogens is 425 g/mol. The molecule has 3 rings (SSSR count). The standard InChI is InChI=1S/C16H24Cl3NO7/c1-7(21)15(20-12(22)16(17,18)19)9(8-6-23-13(2,3)25-8)24-11-10(15)26-14(4,5)27-11/h7-11,21H,6H2,1-5H3,(H,20,22)/t7-,8-,9-,10+,11-,15+/m1/s1. The Morgan fingerprint density at radius 1 is 1.11 bits per heavy atom. The van der Waals surface area contributed by atoms with Crippen LogP contribution in [0.3, 0.4) is 0 Å². The fourth-order valence-corrected chi connectivity index (χ4v) is 3.96. The highest BCUT2D eigenvalue weighted by molar-refractivity contribution is 6.76. The molecule has 1 amide bonds. The fraction of sp³-hybridized carbons (Fsp3) is 0.938. The Hall–Kier alpha value is 0.1000. The topological polar surface area (TPSA) is 95.5 Å². The third kappa shape index (κ3) is 3.93. The second-order valence-electron chi connectivity index (χ2n) is 7.91. The van der Waals surface area contributed by atoms with Crippen molar-refractivity contribution in [3.63, 3.8) is 0 Å². The zero-order valence-electron chi connectivity index (χ0n) is 15.6. The van der Waals surface area contributed by atoms with Crippen molar-refractivity contribution >= 4 is 40.7 Å². The van der Waals surface area contributed by atoms with Gasteiger partial charge in [-0.05, 0) is 34.6 Å². The van der Waals surface area contributed by atoms with E-state index in [4.69, 9.17) is 58.5 Å². The predicted molar refractivity (Wildman–Crippen MR) is 96.4 cm³/mol. The van der Waals surface area contributed by atoms with Gasteiger partial charge in [0, 0.05) is 0 Å². The Labute approximate surface area is 172 Å². The molecule has 0 saturated carbocycles. The van der Waals surface area contributed by atoms with Gasteiger partial charge in [0.15, 0.2) is 17.9 Å². The number of carbonyl (C=O) groups excluding carboxylic acids is 1. The van der Waals surface area contributed by atoms with Gasteiger partial charge in [0.2, 0.25) is 0 Å². The first-order valence-electron chi connectivity index (χ1n) is 8.58. The number of fused-ring (bicyclic) bond motifs is 1. The van der Waals surface area contributed by atoms with Gasteiger partial charge in [0.05, 0.1) is 12.7 Å². The maximum absolute atomic E-state index is 12.5. The SMILES string of the molecule is C[C@@H](O)[C@]1(NC(=O)C(Cl)(Cl)Cl)[C@@H]([C@H]2COC(C)(C)O2)O[C@@H]2OC(C)(C)O[C@@H]21. The van der Waals surface area contributed by atoms with E-state index in [-0.39, 0.29) is 6.61 Å². The van der Waals surface area contributed by atoms with E-state index in [1.807, 2.05) is 0 Å². The normalized spacial score (nSPS) is 41.4. The molecule has 11 heteroatoms. The van der Waals surface area contributed by atoms with E-state index in [9.17, 15) is 9.90 Å². The summed E-state index contributed by atoms with van der Waals surface area (Å²) in [6.45, 7) is 8.58. The summed E-state index contributed by atoms with van der Waals surface area (Å²) in [6.07, 6.45) is -4.37. The molecule has 0 unspecified atom stereocenters. The molecule has 156 valence electrons. The molecule has 0 radical (unpaired) electrons. The summed E-state index contributed by atoms with van der Waals surface area (Å²) in [4.78, 5) is 12.5. The van der Waals surface area contributed by atoms with Gasteiger partial charge in [-0.15, -0.1) is 0 Å². The first-order chi connectivity index (χ1) is 12.2. The minimum Gasteiger partial charge on any atom is -0.391 e. The number of aliphatic hydroxyl groups excluding tert-OH is 1. The number of rotatable bonds is 3. The number of hydrogen-bond acceptors (Lipinski definition) is 7. The van der Waals surface area contributed by atoms with Gasteiger partial charge in [0.25, 0.3) is 9.70 Å². The molecule has 0 aromatic heterocycles. The molecule has 27 heavy (non-hydrogen) atoms. The minimum absolute atomic E-state index is 0.179. The van der Waals surface area contributed by atoms with Gasteiger partial charge >= 0.3 is 0 Å². The van der Waals surface area contributed by atoms with Gasteiger partial charge in [-0.1, -0.05) is 34.8 Å². The molecule has 3 heterocycles. The number of alkyl halides is 3. The highest BCUT2D eigenvalue weighted by atomic mass is 35.6. The number of amides is 1. The summed E-state index contributed by atoms with van der Waals surface area (Å²) in [6, 6.07) is 0. The van der Waals surface area contributed by atoms with Crippen LogP contribution in [0.5, 0.6) is 0 Å². The number of carbonyl (C=O) groups is 1. The van der Waals surface area contributed by atoms with E-state index in [0.29, 0.717) is 0 Å². The summed E-state index contributed by atoms with van der Waals surface area (Å²) in [5.74, 6) is -2.76. The lowest BCUT2D eigenvalue weighted by Crippen LogP contribution is -2.70. The summed E-state index contributed by atoms with van der Waals surface area (Å²) >= 11 is 17.2. The fourth-order valence-electron chi connectivity index (χ4n) is 3.82. The summed E-state index contributed by atoms with van der Waals surface area (Å²) in [5.41, 5.74) is -1.49. The van der Waals surface area contributed by atoms with Crippen LogP contribution in [0.15, 0.2) is 0 Å². The maximum Gasteiger partial charge on any atom is 0.272 e. The number of hydrogen-bond donors (Lipinski definition) is 2. The maximum atomic E-state index is 12.5. The zero-order chi connectivity index (χ0) is 20.4. The van der Waals surface area contributed by atoms with E-state index >= 15 is 0 Å². The Morgan fingerprint density at radius 3 is 2.22 bits per heavy atom. The van der Waals surface area contributed by atoms with Crippen molar-refractivity contribution in [1.29, 1.82) is 0 Å². The Morgan fingerprint density at radius 2 is 1.74 bits per heavy atom. The Balaban J connectivity index is 2.00. The molecular formula is C16H24Cl3NO7. The largest absolute Gasteiger partial charge is 0.391 e. The number of halogens is 3. The second kappa shape index (κ2) is 6.82. The summed E-state index contributed by atoms with van der Waals surface area (Å²) < 4.78 is 27.1. The molecule has 3 aliphatic rings. The molecule has 6 atom stereocenters. The Kier molecular flexibility index (Phi) is 5.51. The van der Waals surface area contributed by atoms with Crippen molar-refractivity contribution in [2.45, 2.75) is 86.2 Å². The first-order valence-corrected chi connectivity index (χ1v) is 9.72. The van der Waals surface area contributed by atoms with Crippen molar-refractivity contribution in [3.05, 3.63) is 0 Å². The summed E-state index contributed by atoms with van der Waals surface area (Å²) in [5, 5.41) is 13.4. The third-order valence-corrected chi connectivity index (χ3v) is 5.44. The van der Waals surface area contributed by atoms with Crippen LogP contribution in [0.25, 0.3) is 0 Å². The molecule has 3 aliphatic heterocycles. The van der Waals surface area contributed by atoms with E-state index in [1.165, 1.54) is 6.92 Å².